The van der Waals surface area contributed by atoms with Gasteiger partial charge in [0.1, 0.15) is 0 Å². The molecule has 0 aliphatic carbocycles. The number of anilines is 1. The molecule has 1 atom stereocenters. The molecule has 0 fully saturated rings. The lowest BCUT2D eigenvalue weighted by Crippen LogP contribution is -2.42. The Balaban J connectivity index is 1.97. The van der Waals surface area contributed by atoms with Crippen LogP contribution in [0.2, 0.25) is 0 Å². The van der Waals surface area contributed by atoms with Crippen LogP contribution in [0.3, 0.4) is 0 Å². The Morgan fingerprint density at radius 1 is 1.21 bits per heavy atom. The van der Waals surface area contributed by atoms with E-state index in [-0.39, 0.29) is 12.2 Å². The van der Waals surface area contributed by atoms with Crippen molar-refractivity contribution in [1.29, 1.82) is 0 Å². The Kier molecular flexibility index (Phi) is 4.56. The first-order valence-corrected chi connectivity index (χ1v) is 8.69. The molecule has 1 aliphatic heterocycles. The number of ketones is 1. The summed E-state index contributed by atoms with van der Waals surface area (Å²) in [5.74, 6) is -0.686. The fraction of sp³-hybridized carbons (Fsp3) is 0.263. The van der Waals surface area contributed by atoms with Gasteiger partial charge in [-0.15, -0.1) is 0 Å². The van der Waals surface area contributed by atoms with E-state index in [0.29, 0.717) is 23.4 Å². The average molecular weight is 388 g/mol. The third-order valence-corrected chi connectivity index (χ3v) is 4.74. The van der Waals surface area contributed by atoms with E-state index in [4.69, 9.17) is 0 Å². The second-order valence-electron chi connectivity index (χ2n) is 5.94. The molecule has 5 heteroatoms. The lowest BCUT2D eigenvalue weighted by molar-refractivity contribution is -0.135. The number of carbonyl (C=O) groups excluding carboxylic acids is 2. The molecule has 124 valence electrons. The van der Waals surface area contributed by atoms with Crippen LogP contribution in [0, 0.1) is 0 Å². The van der Waals surface area contributed by atoms with Crippen LogP contribution < -0.4 is 4.90 Å². The van der Waals surface area contributed by atoms with Crippen molar-refractivity contribution in [1.82, 2.24) is 0 Å². The predicted octanol–water partition coefficient (Wildman–Crippen LogP) is 3.67. The number of nitrogens with zero attached hydrogens (tertiary/aromatic N) is 1. The monoisotopic (exact) mass is 387 g/mol. The summed E-state index contributed by atoms with van der Waals surface area (Å²) in [6.45, 7) is 2.49. The molecule has 1 heterocycles. The summed E-state index contributed by atoms with van der Waals surface area (Å²) in [6, 6.07) is 14.1. The molecule has 0 spiro atoms. The fourth-order valence-corrected chi connectivity index (χ4v) is 3.52. The Hall–Kier alpha value is -1.98. The molecule has 1 amide bonds. The predicted molar refractivity (Wildman–Crippen MR) is 96.1 cm³/mol. The van der Waals surface area contributed by atoms with Gasteiger partial charge in [0, 0.05) is 22.1 Å². The van der Waals surface area contributed by atoms with Gasteiger partial charge >= 0.3 is 0 Å². The van der Waals surface area contributed by atoms with Crippen LogP contribution in [-0.4, -0.2) is 23.3 Å². The van der Waals surface area contributed by atoms with Crippen molar-refractivity contribution < 1.29 is 14.7 Å². The lowest BCUT2D eigenvalue weighted by Gasteiger charge is -2.22. The normalized spacial score (nSPS) is 19.5. The molecule has 0 saturated heterocycles. The van der Waals surface area contributed by atoms with Crippen molar-refractivity contribution in [2.24, 2.45) is 0 Å². The minimum absolute atomic E-state index is 0.264. The molecule has 3 rings (SSSR count). The van der Waals surface area contributed by atoms with E-state index in [9.17, 15) is 14.7 Å². The van der Waals surface area contributed by atoms with Crippen molar-refractivity contribution >= 4 is 33.3 Å². The minimum Gasteiger partial charge on any atom is -0.375 e. The van der Waals surface area contributed by atoms with Gasteiger partial charge in [0.15, 0.2) is 11.4 Å². The lowest BCUT2D eigenvalue weighted by atomic mass is 9.88. The smallest absolute Gasteiger partial charge is 0.264 e. The zero-order valence-electron chi connectivity index (χ0n) is 13.3. The van der Waals surface area contributed by atoms with Crippen LogP contribution in [0.1, 0.15) is 35.7 Å². The maximum absolute atomic E-state index is 12.8. The van der Waals surface area contributed by atoms with Crippen molar-refractivity contribution in [3.63, 3.8) is 0 Å². The molecule has 4 nitrogen and oxygen atoms in total. The highest BCUT2D eigenvalue weighted by Crippen LogP contribution is 2.42. The summed E-state index contributed by atoms with van der Waals surface area (Å²) < 4.78 is 0.783. The molecular weight excluding hydrogens is 370 g/mol. The van der Waals surface area contributed by atoms with Gasteiger partial charge in [-0.05, 0) is 24.6 Å². The van der Waals surface area contributed by atoms with E-state index < -0.39 is 11.5 Å². The first-order chi connectivity index (χ1) is 11.5. The number of rotatable bonds is 5. The average Bonchev–Trinajstić information content (AvgIpc) is 2.78. The molecule has 0 radical (unpaired) electrons. The van der Waals surface area contributed by atoms with Crippen LogP contribution in [0.5, 0.6) is 0 Å². The third kappa shape index (κ3) is 2.78. The number of halogens is 1. The van der Waals surface area contributed by atoms with Crippen LogP contribution >= 0.6 is 15.9 Å². The van der Waals surface area contributed by atoms with Gasteiger partial charge < -0.3 is 10.0 Å². The third-order valence-electron chi connectivity index (χ3n) is 4.25. The van der Waals surface area contributed by atoms with Crippen LogP contribution in [0.4, 0.5) is 5.69 Å². The van der Waals surface area contributed by atoms with Crippen LogP contribution in [0.25, 0.3) is 0 Å². The Morgan fingerprint density at radius 3 is 2.67 bits per heavy atom. The number of hydrogen-bond donors (Lipinski definition) is 1. The number of fused-ring (bicyclic) bond motifs is 1. The SMILES string of the molecule is CCCN1C(=O)[C@](O)(CC(=O)c2cccc(Br)c2)c2ccccc21. The summed E-state index contributed by atoms with van der Waals surface area (Å²) in [7, 11) is 0. The summed E-state index contributed by atoms with van der Waals surface area (Å²) >= 11 is 3.33. The van der Waals surface area contributed by atoms with Crippen LogP contribution in [0.15, 0.2) is 53.0 Å². The zero-order chi connectivity index (χ0) is 17.3. The molecule has 0 saturated carbocycles. The van der Waals surface area contributed by atoms with E-state index in [1.54, 1.807) is 35.2 Å². The van der Waals surface area contributed by atoms with E-state index in [0.717, 1.165) is 10.9 Å². The second-order valence-corrected chi connectivity index (χ2v) is 6.86. The Labute approximate surface area is 149 Å². The molecule has 2 aromatic rings. The molecular formula is C19H18BrNO3. The number of carbonyl (C=O) groups is 2. The summed E-state index contributed by atoms with van der Waals surface area (Å²) in [5, 5.41) is 11.1. The van der Waals surface area contributed by atoms with Gasteiger partial charge in [-0.2, -0.15) is 0 Å². The molecule has 0 unspecified atom stereocenters. The minimum atomic E-state index is -1.80. The molecule has 1 N–H and O–H groups in total. The molecule has 2 aromatic carbocycles. The maximum atomic E-state index is 12.8. The van der Waals surface area contributed by atoms with Crippen LogP contribution in [-0.2, 0) is 10.4 Å². The number of amides is 1. The van der Waals surface area contributed by atoms with E-state index in [1.165, 1.54) is 0 Å². The van der Waals surface area contributed by atoms with E-state index >= 15 is 0 Å². The Bertz CT molecular complexity index is 805. The summed E-state index contributed by atoms with van der Waals surface area (Å²) in [5.41, 5.74) is -0.136. The topological polar surface area (TPSA) is 57.6 Å². The summed E-state index contributed by atoms with van der Waals surface area (Å²) in [6.07, 6.45) is 0.509. The van der Waals surface area contributed by atoms with Gasteiger partial charge in [-0.3, -0.25) is 9.59 Å². The number of para-hydroxylation sites is 1. The first-order valence-electron chi connectivity index (χ1n) is 7.90. The van der Waals surface area contributed by atoms with Gasteiger partial charge in [0.2, 0.25) is 0 Å². The van der Waals surface area contributed by atoms with Crippen molar-refractivity contribution in [3.8, 4) is 0 Å². The largest absolute Gasteiger partial charge is 0.375 e. The highest BCUT2D eigenvalue weighted by Gasteiger charge is 2.50. The molecule has 1 aliphatic rings. The molecule has 0 bridgehead atoms. The van der Waals surface area contributed by atoms with Gasteiger partial charge in [-0.1, -0.05) is 53.2 Å². The highest BCUT2D eigenvalue weighted by molar-refractivity contribution is 9.10. The standard InChI is InChI=1S/C19H18BrNO3/c1-2-10-21-16-9-4-3-8-15(16)19(24,18(21)23)12-17(22)13-6-5-7-14(20)11-13/h3-9,11,24H,2,10,12H2,1H3/t19-/m0/s1. The number of Topliss-reactive ketones (excluding diaryl/α,β-unsaturated/α-hetero) is 1. The Morgan fingerprint density at radius 2 is 1.96 bits per heavy atom. The van der Waals surface area contributed by atoms with Gasteiger partial charge in [0.05, 0.1) is 12.1 Å². The van der Waals surface area contributed by atoms with Gasteiger partial charge in [-0.25, -0.2) is 0 Å². The number of aliphatic hydroxyl groups is 1. The van der Waals surface area contributed by atoms with Crippen molar-refractivity contribution in [3.05, 3.63) is 64.1 Å². The zero-order valence-corrected chi connectivity index (χ0v) is 14.9. The molecule has 24 heavy (non-hydrogen) atoms. The number of benzene rings is 2. The van der Waals surface area contributed by atoms with Crippen molar-refractivity contribution in [2.45, 2.75) is 25.4 Å². The highest BCUT2D eigenvalue weighted by atomic mass is 79.9. The quantitative estimate of drug-likeness (QED) is 0.796. The maximum Gasteiger partial charge on any atom is 0.264 e. The van der Waals surface area contributed by atoms with Crippen molar-refractivity contribution in [2.75, 3.05) is 11.4 Å². The first kappa shape index (κ1) is 16.9. The van der Waals surface area contributed by atoms with E-state index in [1.807, 2.05) is 25.1 Å². The number of hydrogen-bond acceptors (Lipinski definition) is 3. The second kappa shape index (κ2) is 6.49. The van der Waals surface area contributed by atoms with E-state index in [2.05, 4.69) is 15.9 Å². The molecule has 0 aromatic heterocycles. The van der Waals surface area contributed by atoms with Gasteiger partial charge in [0.25, 0.3) is 5.91 Å². The summed E-state index contributed by atoms with van der Waals surface area (Å²) in [4.78, 5) is 27.0. The fourth-order valence-electron chi connectivity index (χ4n) is 3.12.